The molecule has 1 aromatic heterocycles. The number of amides is 1. The van der Waals surface area contributed by atoms with Crippen LogP contribution in [0.5, 0.6) is 5.75 Å². The van der Waals surface area contributed by atoms with Crippen molar-refractivity contribution in [3.8, 4) is 16.9 Å². The topological polar surface area (TPSA) is 80.0 Å². The molecule has 0 radical (unpaired) electrons. The van der Waals surface area contributed by atoms with E-state index in [0.717, 1.165) is 16.7 Å². The first-order valence-electron chi connectivity index (χ1n) is 9.94. The van der Waals surface area contributed by atoms with E-state index in [0.29, 0.717) is 30.9 Å². The lowest BCUT2D eigenvalue weighted by atomic mass is 10.1. The maximum absolute atomic E-state index is 12.7. The molecule has 3 aromatic rings. The van der Waals surface area contributed by atoms with Crippen LogP contribution in [0.3, 0.4) is 0 Å². The van der Waals surface area contributed by atoms with Crippen LogP contribution in [0, 0.1) is 6.92 Å². The van der Waals surface area contributed by atoms with Gasteiger partial charge in [0, 0.05) is 12.1 Å². The molecule has 6 nitrogen and oxygen atoms in total. The summed E-state index contributed by atoms with van der Waals surface area (Å²) in [6.07, 6.45) is 1.15. The highest BCUT2D eigenvalue weighted by atomic mass is 16.5. The lowest BCUT2D eigenvalue weighted by Crippen LogP contribution is -2.40. The van der Waals surface area contributed by atoms with Gasteiger partial charge in [0.2, 0.25) is 0 Å². The van der Waals surface area contributed by atoms with Crippen molar-refractivity contribution in [1.29, 1.82) is 0 Å². The molecule has 30 heavy (non-hydrogen) atoms. The number of carboxylic acid groups (broad SMARTS) is 1. The molecule has 0 spiro atoms. The van der Waals surface area contributed by atoms with E-state index in [4.69, 9.17) is 9.15 Å². The van der Waals surface area contributed by atoms with Crippen molar-refractivity contribution >= 4 is 11.9 Å². The van der Waals surface area contributed by atoms with Gasteiger partial charge in [0.15, 0.2) is 5.76 Å². The predicted octanol–water partition coefficient (Wildman–Crippen LogP) is 4.52. The number of rotatable bonds is 6. The molecule has 0 bridgehead atoms. The number of carboxylic acids is 1. The summed E-state index contributed by atoms with van der Waals surface area (Å²) in [5.41, 5.74) is 3.00. The van der Waals surface area contributed by atoms with Crippen LogP contribution >= 0.6 is 0 Å². The fourth-order valence-corrected chi connectivity index (χ4v) is 3.71. The van der Waals surface area contributed by atoms with Crippen LogP contribution in [0.4, 0.5) is 0 Å². The van der Waals surface area contributed by atoms with Gasteiger partial charge >= 0.3 is 5.97 Å². The molecule has 1 N–H and O–H groups in total. The minimum absolute atomic E-state index is 0.152. The molecule has 0 saturated carbocycles. The van der Waals surface area contributed by atoms with Gasteiger partial charge in [0.05, 0.1) is 0 Å². The summed E-state index contributed by atoms with van der Waals surface area (Å²) in [4.78, 5) is 25.4. The molecule has 2 heterocycles. The minimum atomic E-state index is -0.980. The minimum Gasteiger partial charge on any atom is -0.489 e. The summed E-state index contributed by atoms with van der Waals surface area (Å²) in [7, 11) is 0. The van der Waals surface area contributed by atoms with Gasteiger partial charge in [0.25, 0.3) is 5.91 Å². The summed E-state index contributed by atoms with van der Waals surface area (Å²) in [6.45, 7) is 2.46. The Kier molecular flexibility index (Phi) is 5.57. The zero-order valence-corrected chi connectivity index (χ0v) is 16.7. The lowest BCUT2D eigenvalue weighted by molar-refractivity contribution is -0.141. The summed E-state index contributed by atoms with van der Waals surface area (Å²) in [5, 5.41) is 9.30. The van der Waals surface area contributed by atoms with E-state index in [1.54, 1.807) is 13.0 Å². The maximum Gasteiger partial charge on any atom is 0.326 e. The molecule has 6 heteroatoms. The second-order valence-electron chi connectivity index (χ2n) is 7.37. The second-order valence-corrected chi connectivity index (χ2v) is 7.37. The number of hydrogen-bond acceptors (Lipinski definition) is 4. The first kappa shape index (κ1) is 19.8. The van der Waals surface area contributed by atoms with Crippen molar-refractivity contribution in [2.45, 2.75) is 32.4 Å². The van der Waals surface area contributed by atoms with E-state index in [1.807, 2.05) is 42.5 Å². The molecule has 0 aliphatic carbocycles. The van der Waals surface area contributed by atoms with Gasteiger partial charge in [-0.25, -0.2) is 4.79 Å². The molecule has 1 aliphatic heterocycles. The van der Waals surface area contributed by atoms with Crippen molar-refractivity contribution in [3.63, 3.8) is 0 Å². The number of likely N-dealkylation sites (tertiary alicyclic amines) is 1. The summed E-state index contributed by atoms with van der Waals surface area (Å²) < 4.78 is 11.5. The second kappa shape index (κ2) is 8.45. The number of benzene rings is 2. The third-order valence-corrected chi connectivity index (χ3v) is 5.39. The molecule has 1 saturated heterocycles. The number of aryl methyl sites for hydroxylation is 1. The molecule has 154 valence electrons. The SMILES string of the molecule is Cc1oc(C(=O)N2CCC[C@H]2C(=O)O)cc1COc1ccc(-c2ccccc2)cc1. The number of carbonyl (C=O) groups is 2. The van der Waals surface area contributed by atoms with Gasteiger partial charge in [-0.15, -0.1) is 0 Å². The average Bonchev–Trinajstić information content (AvgIpc) is 3.40. The lowest BCUT2D eigenvalue weighted by Gasteiger charge is -2.19. The van der Waals surface area contributed by atoms with Gasteiger partial charge in [-0.05, 0) is 49.1 Å². The van der Waals surface area contributed by atoms with Crippen LogP contribution in [0.1, 0.15) is 34.7 Å². The summed E-state index contributed by atoms with van der Waals surface area (Å²) in [5.74, 6) is 0.0887. The van der Waals surface area contributed by atoms with Crippen molar-refractivity contribution in [2.24, 2.45) is 0 Å². The van der Waals surface area contributed by atoms with Crippen molar-refractivity contribution < 1.29 is 23.8 Å². The maximum atomic E-state index is 12.7. The standard InChI is InChI=1S/C24H23NO5/c1-16-19(14-22(30-16)23(26)25-13-5-8-21(25)24(27)28)15-29-20-11-9-18(10-12-20)17-6-3-2-4-7-17/h2-4,6-7,9-12,14,21H,5,8,13,15H2,1H3,(H,27,28)/t21-/m0/s1. The molecular weight excluding hydrogens is 382 g/mol. The van der Waals surface area contributed by atoms with Gasteiger partial charge in [-0.3, -0.25) is 4.79 Å². The zero-order valence-electron chi connectivity index (χ0n) is 16.7. The van der Waals surface area contributed by atoms with Crippen LogP contribution in [0.25, 0.3) is 11.1 Å². The number of hydrogen-bond donors (Lipinski definition) is 1. The fraction of sp³-hybridized carbons (Fsp3) is 0.250. The number of nitrogens with zero attached hydrogens (tertiary/aromatic N) is 1. The van der Waals surface area contributed by atoms with Crippen molar-refractivity contribution in [3.05, 3.63) is 77.7 Å². The predicted molar refractivity (Wildman–Crippen MR) is 111 cm³/mol. The quantitative estimate of drug-likeness (QED) is 0.652. The molecule has 4 rings (SSSR count). The first-order chi connectivity index (χ1) is 14.5. The largest absolute Gasteiger partial charge is 0.489 e. The molecule has 0 unspecified atom stereocenters. The molecule has 2 aromatic carbocycles. The van der Waals surface area contributed by atoms with Crippen LogP contribution in [-0.2, 0) is 11.4 Å². The molecule has 1 atom stereocenters. The van der Waals surface area contributed by atoms with Crippen LogP contribution in [0.15, 0.2) is 65.1 Å². The van der Waals surface area contributed by atoms with Gasteiger partial charge in [-0.2, -0.15) is 0 Å². The number of carbonyl (C=O) groups excluding carboxylic acids is 1. The average molecular weight is 405 g/mol. The van der Waals surface area contributed by atoms with Gasteiger partial charge in [0.1, 0.15) is 24.2 Å². The van der Waals surface area contributed by atoms with Crippen molar-refractivity contribution in [1.82, 2.24) is 4.90 Å². The normalized spacial score (nSPS) is 15.9. The van der Waals surface area contributed by atoms with Gasteiger partial charge in [-0.1, -0.05) is 42.5 Å². The molecular formula is C24H23NO5. The Morgan fingerprint density at radius 3 is 2.50 bits per heavy atom. The number of aliphatic carboxylic acids is 1. The number of ether oxygens (including phenoxy) is 1. The van der Waals surface area contributed by atoms with Crippen LogP contribution in [0.2, 0.25) is 0 Å². The molecule has 1 fully saturated rings. The van der Waals surface area contributed by atoms with E-state index >= 15 is 0 Å². The smallest absolute Gasteiger partial charge is 0.326 e. The molecule has 1 aliphatic rings. The fourth-order valence-electron chi connectivity index (χ4n) is 3.71. The van der Waals surface area contributed by atoms with E-state index in [2.05, 4.69) is 12.1 Å². The van der Waals surface area contributed by atoms with Crippen molar-refractivity contribution in [2.75, 3.05) is 6.54 Å². The highest BCUT2D eigenvalue weighted by Gasteiger charge is 2.35. The third-order valence-electron chi connectivity index (χ3n) is 5.39. The zero-order chi connectivity index (χ0) is 21.1. The van der Waals surface area contributed by atoms with E-state index in [-0.39, 0.29) is 18.3 Å². The summed E-state index contributed by atoms with van der Waals surface area (Å²) >= 11 is 0. The highest BCUT2D eigenvalue weighted by Crippen LogP contribution is 2.25. The Balaban J connectivity index is 1.42. The van der Waals surface area contributed by atoms with E-state index < -0.39 is 12.0 Å². The number of furan rings is 1. The van der Waals surface area contributed by atoms with Gasteiger partial charge < -0.3 is 19.2 Å². The third kappa shape index (κ3) is 4.08. The Morgan fingerprint density at radius 2 is 1.80 bits per heavy atom. The van der Waals surface area contributed by atoms with E-state index in [1.165, 1.54) is 4.90 Å². The summed E-state index contributed by atoms with van der Waals surface area (Å²) in [6, 6.07) is 18.8. The monoisotopic (exact) mass is 405 g/mol. The first-order valence-corrected chi connectivity index (χ1v) is 9.94. The van der Waals surface area contributed by atoms with Crippen LogP contribution < -0.4 is 4.74 Å². The Bertz CT molecular complexity index is 1040. The molecule has 1 amide bonds. The van der Waals surface area contributed by atoms with Crippen LogP contribution in [-0.4, -0.2) is 34.5 Å². The Hall–Kier alpha value is -3.54. The Labute approximate surface area is 174 Å². The van der Waals surface area contributed by atoms with E-state index in [9.17, 15) is 14.7 Å². The highest BCUT2D eigenvalue weighted by molar-refractivity contribution is 5.95. The Morgan fingerprint density at radius 1 is 1.10 bits per heavy atom.